The fourth-order valence-corrected chi connectivity index (χ4v) is 3.14. The fourth-order valence-electron chi connectivity index (χ4n) is 2.84. The maximum absolute atomic E-state index is 13.6. The van der Waals surface area contributed by atoms with Crippen molar-refractivity contribution in [3.63, 3.8) is 0 Å². The number of rotatable bonds is 4. The fraction of sp³-hybridized carbons (Fsp3) is 0.150. The van der Waals surface area contributed by atoms with Crippen LogP contribution >= 0.6 is 11.6 Å². The van der Waals surface area contributed by atoms with Crippen LogP contribution in [0.4, 0.5) is 13.2 Å². The lowest BCUT2D eigenvalue weighted by atomic mass is 9.95. The molecule has 0 saturated heterocycles. The molecule has 0 amide bonds. The second-order valence-electron chi connectivity index (χ2n) is 6.17. The van der Waals surface area contributed by atoms with Crippen LogP contribution in [-0.2, 0) is 0 Å². The summed E-state index contributed by atoms with van der Waals surface area (Å²) < 4.78 is 42.2. The highest BCUT2D eigenvalue weighted by Crippen LogP contribution is 2.37. The normalized spacial score (nSPS) is 12.9. The summed E-state index contributed by atoms with van der Waals surface area (Å²) in [6.07, 6.45) is 0.701. The van der Waals surface area contributed by atoms with Gasteiger partial charge in [-0.1, -0.05) is 35.9 Å². The number of benzene rings is 2. The SMILES string of the molecule is Cc1cc(Cl)cc(C(/C=C/c2ccc(-n3cncn3)c(C#N)c2)C(F)(F)F)c1. The number of hydrogen-bond donors (Lipinski definition) is 0. The number of alkyl halides is 3. The van der Waals surface area contributed by atoms with Crippen LogP contribution in [0.5, 0.6) is 0 Å². The molecule has 1 unspecified atom stereocenters. The molecule has 0 aliphatic carbocycles. The standard InChI is InChI=1S/C20H14ClF3N4/c1-13-6-15(9-17(21)7-13)18(20(22,23)24)4-2-14-3-5-19(16(8-14)10-25)28-12-26-11-27-28/h2-9,11-12,18H,1H3/b4-2+. The molecule has 0 fully saturated rings. The van der Waals surface area contributed by atoms with Crippen LogP contribution in [0, 0.1) is 18.3 Å². The van der Waals surface area contributed by atoms with E-state index in [0.29, 0.717) is 16.8 Å². The molecular weight excluding hydrogens is 389 g/mol. The van der Waals surface area contributed by atoms with Crippen molar-refractivity contribution in [2.75, 3.05) is 0 Å². The Kier molecular flexibility index (Phi) is 5.52. The molecule has 4 nitrogen and oxygen atoms in total. The summed E-state index contributed by atoms with van der Waals surface area (Å²) in [4.78, 5) is 3.82. The first kappa shape index (κ1) is 19.6. The van der Waals surface area contributed by atoms with Gasteiger partial charge in [0, 0.05) is 5.02 Å². The lowest BCUT2D eigenvalue weighted by Crippen LogP contribution is -2.19. The average Bonchev–Trinajstić information content (AvgIpc) is 3.14. The molecular formula is C20H14ClF3N4. The quantitative estimate of drug-likeness (QED) is 0.582. The minimum absolute atomic E-state index is 0.0634. The van der Waals surface area contributed by atoms with Crippen molar-refractivity contribution in [1.29, 1.82) is 5.26 Å². The number of halogens is 4. The Morgan fingerprint density at radius 3 is 2.61 bits per heavy atom. The van der Waals surface area contributed by atoms with E-state index in [1.165, 1.54) is 41.6 Å². The van der Waals surface area contributed by atoms with Crippen LogP contribution in [0.1, 0.15) is 28.2 Å². The molecule has 142 valence electrons. The van der Waals surface area contributed by atoms with Gasteiger partial charge in [0.2, 0.25) is 0 Å². The molecule has 3 rings (SSSR count). The topological polar surface area (TPSA) is 54.5 Å². The molecule has 0 spiro atoms. The van der Waals surface area contributed by atoms with Gasteiger partial charge in [-0.2, -0.15) is 23.5 Å². The van der Waals surface area contributed by atoms with Crippen molar-refractivity contribution in [3.05, 3.63) is 82.4 Å². The molecule has 0 bridgehead atoms. The van der Waals surface area contributed by atoms with Crippen LogP contribution < -0.4 is 0 Å². The monoisotopic (exact) mass is 402 g/mol. The average molecular weight is 403 g/mol. The predicted octanol–water partition coefficient (Wildman–Crippen LogP) is 5.46. The van der Waals surface area contributed by atoms with Gasteiger partial charge in [0.05, 0.1) is 17.2 Å². The molecule has 8 heteroatoms. The van der Waals surface area contributed by atoms with Crippen molar-refractivity contribution in [1.82, 2.24) is 14.8 Å². The Hall–Kier alpha value is -3.11. The highest BCUT2D eigenvalue weighted by Gasteiger charge is 2.39. The summed E-state index contributed by atoms with van der Waals surface area (Å²) >= 11 is 5.93. The number of aromatic nitrogens is 3. The molecule has 0 aliphatic heterocycles. The number of hydrogen-bond acceptors (Lipinski definition) is 3. The van der Waals surface area contributed by atoms with E-state index in [2.05, 4.69) is 10.1 Å². The van der Waals surface area contributed by atoms with Gasteiger partial charge < -0.3 is 0 Å². The number of allylic oxidation sites excluding steroid dienone is 1. The molecule has 0 saturated carbocycles. The summed E-state index contributed by atoms with van der Waals surface area (Å²) in [5.41, 5.74) is 1.95. The van der Waals surface area contributed by atoms with E-state index < -0.39 is 12.1 Å². The Labute approximate surface area is 164 Å². The Bertz CT molecular complexity index is 1030. The van der Waals surface area contributed by atoms with Crippen LogP contribution in [0.15, 0.2) is 55.1 Å². The zero-order valence-electron chi connectivity index (χ0n) is 14.7. The van der Waals surface area contributed by atoms with E-state index in [0.717, 1.165) is 6.08 Å². The Morgan fingerprint density at radius 2 is 2.00 bits per heavy atom. The molecule has 1 aromatic heterocycles. The molecule has 28 heavy (non-hydrogen) atoms. The zero-order chi connectivity index (χ0) is 20.3. The molecule has 0 aliphatic rings. The Balaban J connectivity index is 1.96. The van der Waals surface area contributed by atoms with Crippen LogP contribution in [-0.4, -0.2) is 20.9 Å². The lowest BCUT2D eigenvalue weighted by molar-refractivity contribution is -0.139. The summed E-state index contributed by atoms with van der Waals surface area (Å²) in [6.45, 7) is 1.69. The van der Waals surface area contributed by atoms with Crippen molar-refractivity contribution < 1.29 is 13.2 Å². The number of nitrogens with zero attached hydrogens (tertiary/aromatic N) is 4. The summed E-state index contributed by atoms with van der Waals surface area (Å²) in [5.74, 6) is -1.81. The highest BCUT2D eigenvalue weighted by atomic mass is 35.5. The largest absolute Gasteiger partial charge is 0.399 e. The first-order valence-electron chi connectivity index (χ1n) is 8.19. The van der Waals surface area contributed by atoms with Gasteiger partial charge in [-0.3, -0.25) is 0 Å². The van der Waals surface area contributed by atoms with Crippen LogP contribution in [0.2, 0.25) is 5.02 Å². The van der Waals surface area contributed by atoms with E-state index in [9.17, 15) is 18.4 Å². The number of aryl methyl sites for hydroxylation is 1. The third-order valence-corrected chi connectivity index (χ3v) is 4.28. The summed E-state index contributed by atoms with van der Waals surface area (Å²) in [5, 5.41) is 13.6. The van der Waals surface area contributed by atoms with Crippen molar-refractivity contribution >= 4 is 17.7 Å². The van der Waals surface area contributed by atoms with Crippen molar-refractivity contribution in [2.45, 2.75) is 19.0 Å². The Morgan fingerprint density at radius 1 is 1.21 bits per heavy atom. The molecule has 3 aromatic rings. The first-order chi connectivity index (χ1) is 13.3. The van der Waals surface area contributed by atoms with Gasteiger partial charge in [-0.25, -0.2) is 9.67 Å². The summed E-state index contributed by atoms with van der Waals surface area (Å²) in [7, 11) is 0. The van der Waals surface area contributed by atoms with Gasteiger partial charge >= 0.3 is 6.18 Å². The van der Waals surface area contributed by atoms with Gasteiger partial charge in [-0.05, 0) is 47.9 Å². The molecule has 0 radical (unpaired) electrons. The zero-order valence-corrected chi connectivity index (χ0v) is 15.4. The first-order valence-corrected chi connectivity index (χ1v) is 8.57. The third-order valence-electron chi connectivity index (χ3n) is 4.06. The number of nitriles is 1. The van der Waals surface area contributed by atoms with E-state index in [1.807, 2.05) is 6.07 Å². The van der Waals surface area contributed by atoms with E-state index in [-0.39, 0.29) is 16.1 Å². The molecule has 2 aromatic carbocycles. The summed E-state index contributed by atoms with van der Waals surface area (Å²) in [6, 6.07) is 11.1. The van der Waals surface area contributed by atoms with Crippen LogP contribution in [0.3, 0.4) is 0 Å². The lowest BCUT2D eigenvalue weighted by Gasteiger charge is -2.18. The van der Waals surface area contributed by atoms with Gasteiger partial charge in [0.25, 0.3) is 0 Å². The minimum Gasteiger partial charge on any atom is -0.223 e. The van der Waals surface area contributed by atoms with E-state index in [4.69, 9.17) is 11.6 Å². The van der Waals surface area contributed by atoms with Crippen molar-refractivity contribution in [3.8, 4) is 11.8 Å². The molecule has 0 N–H and O–H groups in total. The van der Waals surface area contributed by atoms with Gasteiger partial charge in [-0.15, -0.1) is 0 Å². The van der Waals surface area contributed by atoms with E-state index in [1.54, 1.807) is 25.1 Å². The highest BCUT2D eigenvalue weighted by molar-refractivity contribution is 6.30. The smallest absolute Gasteiger partial charge is 0.223 e. The van der Waals surface area contributed by atoms with Gasteiger partial charge in [0.15, 0.2) is 0 Å². The maximum Gasteiger partial charge on any atom is 0.399 e. The van der Waals surface area contributed by atoms with Crippen LogP contribution in [0.25, 0.3) is 11.8 Å². The van der Waals surface area contributed by atoms with Gasteiger partial charge in [0.1, 0.15) is 18.7 Å². The van der Waals surface area contributed by atoms with E-state index >= 15 is 0 Å². The second kappa shape index (κ2) is 7.87. The maximum atomic E-state index is 13.6. The molecule has 1 atom stereocenters. The van der Waals surface area contributed by atoms with Crippen molar-refractivity contribution in [2.24, 2.45) is 0 Å². The second-order valence-corrected chi connectivity index (χ2v) is 6.61. The minimum atomic E-state index is -4.48. The molecule has 1 heterocycles. The third kappa shape index (κ3) is 4.41. The predicted molar refractivity (Wildman–Crippen MR) is 100 cm³/mol.